The molecule has 0 bridgehead atoms. The van der Waals surface area contributed by atoms with E-state index < -0.39 is 33.7 Å². The SMILES string of the molecule is O=C1CC(N(Cc2ccc3c(c2)OCO3)S(=O)(=O)c2ccc(F)cc2)C(=O)N1c1ccc(Cl)cc1. The summed E-state index contributed by atoms with van der Waals surface area (Å²) in [6.45, 7) is -0.184. The molecule has 0 radical (unpaired) electrons. The molecule has 3 aromatic rings. The number of sulfonamides is 1. The van der Waals surface area contributed by atoms with Crippen molar-refractivity contribution in [2.75, 3.05) is 11.7 Å². The summed E-state index contributed by atoms with van der Waals surface area (Å²) in [5.74, 6) is -0.885. The maximum Gasteiger partial charge on any atom is 0.252 e. The predicted octanol–water partition coefficient (Wildman–Crippen LogP) is 3.73. The average molecular weight is 517 g/mol. The third-order valence-electron chi connectivity index (χ3n) is 5.75. The second-order valence-electron chi connectivity index (χ2n) is 7.96. The Bertz CT molecular complexity index is 1410. The van der Waals surface area contributed by atoms with E-state index in [9.17, 15) is 22.4 Å². The summed E-state index contributed by atoms with van der Waals surface area (Å²) in [5.41, 5.74) is 0.805. The number of carbonyl (C=O) groups excluding carboxylic acids is 2. The molecule has 0 aromatic heterocycles. The van der Waals surface area contributed by atoms with Crippen molar-refractivity contribution in [1.82, 2.24) is 4.31 Å². The number of imide groups is 1. The molecule has 35 heavy (non-hydrogen) atoms. The molecule has 1 unspecified atom stereocenters. The van der Waals surface area contributed by atoms with Crippen LogP contribution in [0.4, 0.5) is 10.1 Å². The summed E-state index contributed by atoms with van der Waals surface area (Å²) >= 11 is 5.92. The van der Waals surface area contributed by atoms with E-state index in [4.69, 9.17) is 21.1 Å². The van der Waals surface area contributed by atoms with Crippen molar-refractivity contribution in [2.24, 2.45) is 0 Å². The van der Waals surface area contributed by atoms with Crippen molar-refractivity contribution in [3.8, 4) is 11.5 Å². The summed E-state index contributed by atoms with van der Waals surface area (Å²) < 4.78 is 52.4. The molecule has 2 aliphatic rings. The van der Waals surface area contributed by atoms with Crippen LogP contribution in [0, 0.1) is 5.82 Å². The van der Waals surface area contributed by atoms with Crippen molar-refractivity contribution in [2.45, 2.75) is 23.9 Å². The highest BCUT2D eigenvalue weighted by Crippen LogP contribution is 2.35. The number of anilines is 1. The minimum atomic E-state index is -4.31. The maximum absolute atomic E-state index is 13.7. The highest BCUT2D eigenvalue weighted by molar-refractivity contribution is 7.89. The topological polar surface area (TPSA) is 93.2 Å². The smallest absolute Gasteiger partial charge is 0.252 e. The van der Waals surface area contributed by atoms with Gasteiger partial charge in [-0.15, -0.1) is 0 Å². The van der Waals surface area contributed by atoms with Gasteiger partial charge in [0.25, 0.3) is 5.91 Å². The summed E-state index contributed by atoms with van der Waals surface area (Å²) in [6, 6.07) is 14.0. The number of carbonyl (C=O) groups is 2. The number of nitrogens with zero attached hydrogens (tertiary/aromatic N) is 2. The molecular formula is C24H18ClFN2O6S. The number of benzene rings is 3. The van der Waals surface area contributed by atoms with Crippen LogP contribution in [0.5, 0.6) is 11.5 Å². The zero-order valence-electron chi connectivity index (χ0n) is 18.1. The van der Waals surface area contributed by atoms with Crippen molar-refractivity contribution in [1.29, 1.82) is 0 Å². The van der Waals surface area contributed by atoms with Crippen molar-refractivity contribution >= 4 is 39.1 Å². The van der Waals surface area contributed by atoms with Gasteiger partial charge < -0.3 is 9.47 Å². The lowest BCUT2D eigenvalue weighted by molar-refractivity contribution is -0.122. The molecule has 11 heteroatoms. The van der Waals surface area contributed by atoms with Gasteiger partial charge in [0.1, 0.15) is 11.9 Å². The Balaban J connectivity index is 1.54. The number of amides is 2. The first-order valence-corrected chi connectivity index (χ1v) is 12.3. The standard InChI is InChI=1S/C24H18ClFN2O6S/c25-16-2-6-18(7-3-16)28-23(29)12-20(24(28)30)27(35(31,32)19-8-4-17(26)5-9-19)13-15-1-10-21-22(11-15)34-14-33-21/h1-11,20H,12-14H2. The van der Waals surface area contributed by atoms with Gasteiger partial charge in [-0.3, -0.25) is 9.59 Å². The van der Waals surface area contributed by atoms with Crippen LogP contribution in [-0.2, 0) is 26.2 Å². The summed E-state index contributed by atoms with van der Waals surface area (Å²) in [7, 11) is -4.31. The molecule has 1 saturated heterocycles. The van der Waals surface area contributed by atoms with Gasteiger partial charge in [-0.1, -0.05) is 17.7 Å². The number of fused-ring (bicyclic) bond motifs is 1. The first-order valence-electron chi connectivity index (χ1n) is 10.5. The Morgan fingerprint density at radius 3 is 2.37 bits per heavy atom. The number of ether oxygens (including phenoxy) is 2. The van der Waals surface area contributed by atoms with Crippen LogP contribution < -0.4 is 14.4 Å². The maximum atomic E-state index is 13.7. The second kappa shape index (κ2) is 8.95. The van der Waals surface area contributed by atoms with E-state index in [1.54, 1.807) is 18.2 Å². The molecule has 2 amide bonds. The molecule has 5 rings (SSSR count). The van der Waals surface area contributed by atoms with Crippen molar-refractivity contribution in [3.63, 3.8) is 0 Å². The fourth-order valence-electron chi connectivity index (χ4n) is 4.03. The third-order valence-corrected chi connectivity index (χ3v) is 7.87. The van der Waals surface area contributed by atoms with Crippen molar-refractivity contribution < 1.29 is 31.9 Å². The van der Waals surface area contributed by atoms with Crippen LogP contribution in [0.15, 0.2) is 71.6 Å². The Labute approximate surface area is 205 Å². The summed E-state index contributed by atoms with van der Waals surface area (Å²) in [6.07, 6.45) is -0.355. The normalized spacial score (nSPS) is 17.5. The Hall–Kier alpha value is -3.47. The summed E-state index contributed by atoms with van der Waals surface area (Å²) in [4.78, 5) is 27.0. The minimum absolute atomic E-state index is 0.0437. The lowest BCUT2D eigenvalue weighted by Gasteiger charge is -2.27. The van der Waals surface area contributed by atoms with Crippen LogP contribution >= 0.6 is 11.6 Å². The summed E-state index contributed by atoms with van der Waals surface area (Å²) in [5, 5.41) is 0.424. The van der Waals surface area contributed by atoms with Crippen LogP contribution in [0.1, 0.15) is 12.0 Å². The molecule has 0 saturated carbocycles. The highest BCUT2D eigenvalue weighted by Gasteiger charge is 2.47. The van der Waals surface area contributed by atoms with Gasteiger partial charge in [0.15, 0.2) is 11.5 Å². The first-order chi connectivity index (χ1) is 16.7. The fraction of sp³-hybridized carbons (Fsp3) is 0.167. The molecule has 0 spiro atoms. The van der Waals surface area contributed by atoms with Gasteiger partial charge in [0.05, 0.1) is 17.0 Å². The number of halogens is 2. The number of hydrogen-bond acceptors (Lipinski definition) is 6. The Kier molecular flexibility index (Phi) is 5.96. The molecule has 180 valence electrons. The molecule has 1 atom stereocenters. The van der Waals surface area contributed by atoms with Crippen LogP contribution in [0.2, 0.25) is 5.02 Å². The minimum Gasteiger partial charge on any atom is -0.454 e. The van der Waals surface area contributed by atoms with Gasteiger partial charge in [0.2, 0.25) is 22.7 Å². The monoisotopic (exact) mass is 516 g/mol. The first kappa shape index (κ1) is 23.3. The average Bonchev–Trinajstić information content (AvgIpc) is 3.41. The van der Waals surface area contributed by atoms with Crippen LogP contribution in [-0.4, -0.2) is 37.4 Å². The molecule has 2 heterocycles. The van der Waals surface area contributed by atoms with E-state index in [1.165, 1.54) is 24.3 Å². The second-order valence-corrected chi connectivity index (χ2v) is 10.3. The van der Waals surface area contributed by atoms with Gasteiger partial charge in [-0.2, -0.15) is 4.31 Å². The molecule has 8 nitrogen and oxygen atoms in total. The van der Waals surface area contributed by atoms with E-state index in [1.807, 2.05) is 0 Å². The van der Waals surface area contributed by atoms with Crippen molar-refractivity contribution in [3.05, 3.63) is 83.1 Å². The third kappa shape index (κ3) is 4.36. The van der Waals surface area contributed by atoms with Gasteiger partial charge in [0, 0.05) is 11.6 Å². The fourth-order valence-corrected chi connectivity index (χ4v) is 5.72. The largest absolute Gasteiger partial charge is 0.454 e. The van der Waals surface area contributed by atoms with E-state index in [-0.39, 0.29) is 30.3 Å². The zero-order chi connectivity index (χ0) is 24.7. The zero-order valence-corrected chi connectivity index (χ0v) is 19.6. The van der Waals surface area contributed by atoms with Crippen LogP contribution in [0.3, 0.4) is 0 Å². The van der Waals surface area contributed by atoms with E-state index in [0.717, 1.165) is 33.5 Å². The molecule has 0 N–H and O–H groups in total. The van der Waals surface area contributed by atoms with E-state index in [2.05, 4.69) is 0 Å². The van der Waals surface area contributed by atoms with Gasteiger partial charge in [-0.25, -0.2) is 17.7 Å². The molecule has 3 aromatic carbocycles. The quantitative estimate of drug-likeness (QED) is 0.463. The van der Waals surface area contributed by atoms with E-state index >= 15 is 0 Å². The lowest BCUT2D eigenvalue weighted by atomic mass is 10.1. The Morgan fingerprint density at radius 2 is 1.66 bits per heavy atom. The molecule has 2 aliphatic heterocycles. The van der Waals surface area contributed by atoms with Gasteiger partial charge >= 0.3 is 0 Å². The van der Waals surface area contributed by atoms with Crippen LogP contribution in [0.25, 0.3) is 0 Å². The predicted molar refractivity (Wildman–Crippen MR) is 124 cm³/mol. The molecule has 0 aliphatic carbocycles. The molecular weight excluding hydrogens is 499 g/mol. The van der Waals surface area contributed by atoms with Gasteiger partial charge in [-0.05, 0) is 66.2 Å². The highest BCUT2D eigenvalue weighted by atomic mass is 35.5. The Morgan fingerprint density at radius 1 is 0.971 bits per heavy atom. The molecule has 1 fully saturated rings. The number of hydrogen-bond donors (Lipinski definition) is 0. The van der Waals surface area contributed by atoms with E-state index in [0.29, 0.717) is 22.1 Å². The lowest BCUT2D eigenvalue weighted by Crippen LogP contribution is -2.45. The number of rotatable bonds is 6.